The largest absolute Gasteiger partial charge is 0.462 e. The Morgan fingerprint density at radius 3 is 2.52 bits per heavy atom. The number of aliphatic hydroxyl groups is 2. The van der Waals surface area contributed by atoms with Gasteiger partial charge in [0.25, 0.3) is 0 Å². The smallest absolute Gasteiger partial charge is 0.302 e. The van der Waals surface area contributed by atoms with Crippen LogP contribution in [0.15, 0.2) is 11.6 Å². The minimum Gasteiger partial charge on any atom is -0.462 e. The molecule has 164 valence electrons. The van der Waals surface area contributed by atoms with Gasteiger partial charge in [0, 0.05) is 19.8 Å². The molecule has 0 spiro atoms. The van der Waals surface area contributed by atoms with E-state index in [9.17, 15) is 15.0 Å². The summed E-state index contributed by atoms with van der Waals surface area (Å²) >= 11 is 0. The third-order valence-corrected chi connectivity index (χ3v) is 9.44. The molecule has 0 bridgehead atoms. The van der Waals surface area contributed by atoms with Crippen LogP contribution in [0.2, 0.25) is 0 Å². The van der Waals surface area contributed by atoms with Gasteiger partial charge in [0.2, 0.25) is 0 Å². The van der Waals surface area contributed by atoms with Gasteiger partial charge in [0.15, 0.2) is 0 Å². The Morgan fingerprint density at radius 1 is 1.17 bits per heavy atom. The molecule has 4 aliphatic carbocycles. The molecular formula is C25H40O4. The van der Waals surface area contributed by atoms with Crippen molar-refractivity contribution in [2.45, 2.75) is 110 Å². The van der Waals surface area contributed by atoms with Crippen molar-refractivity contribution in [1.82, 2.24) is 0 Å². The molecule has 4 nitrogen and oxygen atoms in total. The highest BCUT2D eigenvalue weighted by Gasteiger charge is 2.64. The van der Waals surface area contributed by atoms with Crippen molar-refractivity contribution in [3.63, 3.8) is 0 Å². The van der Waals surface area contributed by atoms with E-state index in [0.29, 0.717) is 24.2 Å². The molecule has 0 aromatic rings. The number of carbonyl (C=O) groups excluding carboxylic acids is 1. The maximum Gasteiger partial charge on any atom is 0.302 e. The van der Waals surface area contributed by atoms with E-state index in [-0.39, 0.29) is 22.9 Å². The van der Waals surface area contributed by atoms with Gasteiger partial charge >= 0.3 is 5.97 Å². The van der Waals surface area contributed by atoms with Crippen LogP contribution in [0.3, 0.4) is 0 Å². The van der Waals surface area contributed by atoms with Gasteiger partial charge in [-0.25, -0.2) is 0 Å². The molecule has 3 fully saturated rings. The van der Waals surface area contributed by atoms with Crippen LogP contribution in [0, 0.1) is 28.6 Å². The molecule has 0 heterocycles. The molecule has 4 heteroatoms. The van der Waals surface area contributed by atoms with E-state index in [4.69, 9.17) is 4.74 Å². The molecule has 0 aromatic heterocycles. The Kier molecular flexibility index (Phi) is 5.02. The Bertz CT molecular complexity index is 706. The van der Waals surface area contributed by atoms with Crippen molar-refractivity contribution in [2.24, 2.45) is 28.6 Å². The molecule has 2 N–H and O–H groups in total. The fourth-order valence-corrected chi connectivity index (χ4v) is 8.08. The first kappa shape index (κ1) is 21.4. The van der Waals surface area contributed by atoms with E-state index in [0.717, 1.165) is 51.4 Å². The van der Waals surface area contributed by atoms with Crippen molar-refractivity contribution in [3.05, 3.63) is 11.6 Å². The van der Waals surface area contributed by atoms with Crippen molar-refractivity contribution < 1.29 is 19.7 Å². The predicted molar refractivity (Wildman–Crippen MR) is 113 cm³/mol. The first-order valence-electron chi connectivity index (χ1n) is 11.7. The van der Waals surface area contributed by atoms with Crippen LogP contribution < -0.4 is 0 Å². The minimum absolute atomic E-state index is 0.0422. The highest BCUT2D eigenvalue weighted by Crippen LogP contribution is 2.68. The zero-order valence-electron chi connectivity index (χ0n) is 19.0. The lowest BCUT2D eigenvalue weighted by Crippen LogP contribution is -2.56. The summed E-state index contributed by atoms with van der Waals surface area (Å²) < 4.78 is 5.54. The van der Waals surface area contributed by atoms with E-state index in [2.05, 4.69) is 19.9 Å². The number of fused-ring (bicyclic) bond motifs is 5. The standard InChI is InChI=1S/C25H40O4/c1-16(26)29-18-8-11-23(4)17(14-18)6-7-19-20(23)9-12-24(5)21(19)10-13-25(24,28)15-22(2,3)27/h6,18-21,27-28H,7-15H2,1-5H3/t18-,19-,20+,21+,23-,24-,25+/m0/s1. The van der Waals surface area contributed by atoms with Gasteiger partial charge < -0.3 is 14.9 Å². The number of rotatable bonds is 3. The Hall–Kier alpha value is -0.870. The van der Waals surface area contributed by atoms with Crippen LogP contribution in [-0.4, -0.2) is 33.5 Å². The van der Waals surface area contributed by atoms with Gasteiger partial charge in [-0.15, -0.1) is 0 Å². The summed E-state index contributed by atoms with van der Waals surface area (Å²) in [6.45, 7) is 9.90. The average molecular weight is 405 g/mol. The van der Waals surface area contributed by atoms with Crippen molar-refractivity contribution in [2.75, 3.05) is 0 Å². The first-order valence-corrected chi connectivity index (χ1v) is 11.7. The second kappa shape index (κ2) is 6.82. The summed E-state index contributed by atoms with van der Waals surface area (Å²) in [5, 5.41) is 22.1. The second-order valence-corrected chi connectivity index (χ2v) is 11.7. The first-order chi connectivity index (χ1) is 13.4. The third kappa shape index (κ3) is 3.39. The zero-order valence-corrected chi connectivity index (χ0v) is 19.0. The summed E-state index contributed by atoms with van der Waals surface area (Å²) in [5.74, 6) is 1.62. The molecule has 4 aliphatic rings. The van der Waals surface area contributed by atoms with E-state index in [1.54, 1.807) is 0 Å². The molecule has 3 saturated carbocycles. The maximum atomic E-state index is 11.7. The SMILES string of the molecule is CC(=O)O[C@H]1CC[C@@]2(C)C(=CC[C@H]3[C@H]2CC[C@@]2(C)[C@@H]3CC[C@@]2(O)CC(C)(C)O)C1. The fourth-order valence-electron chi connectivity index (χ4n) is 8.08. The van der Waals surface area contributed by atoms with Crippen LogP contribution in [-0.2, 0) is 9.53 Å². The van der Waals surface area contributed by atoms with E-state index >= 15 is 0 Å². The molecule has 0 unspecified atom stereocenters. The minimum atomic E-state index is -0.843. The molecule has 0 amide bonds. The summed E-state index contributed by atoms with van der Waals surface area (Å²) in [5.41, 5.74) is -0.00403. The van der Waals surface area contributed by atoms with Crippen LogP contribution in [0.25, 0.3) is 0 Å². The number of allylic oxidation sites excluding steroid dienone is 1. The van der Waals surface area contributed by atoms with Gasteiger partial charge in [0.05, 0.1) is 11.2 Å². The maximum absolute atomic E-state index is 11.7. The lowest BCUT2D eigenvalue weighted by atomic mass is 9.46. The number of esters is 1. The summed E-state index contributed by atoms with van der Waals surface area (Å²) in [6, 6.07) is 0. The van der Waals surface area contributed by atoms with Crippen molar-refractivity contribution in [1.29, 1.82) is 0 Å². The Labute approximate surface area is 176 Å². The Balaban J connectivity index is 1.58. The van der Waals surface area contributed by atoms with Crippen LogP contribution in [0.4, 0.5) is 0 Å². The summed E-state index contributed by atoms with van der Waals surface area (Å²) in [4.78, 5) is 11.4. The number of hydrogen-bond donors (Lipinski definition) is 2. The second-order valence-electron chi connectivity index (χ2n) is 11.7. The van der Waals surface area contributed by atoms with E-state index in [1.807, 2.05) is 13.8 Å². The predicted octanol–water partition coefficient (Wildman–Crippen LogP) is 4.77. The molecule has 29 heavy (non-hydrogen) atoms. The van der Waals surface area contributed by atoms with Gasteiger partial charge in [-0.05, 0) is 87.4 Å². The average Bonchev–Trinajstić information content (AvgIpc) is 2.84. The van der Waals surface area contributed by atoms with Gasteiger partial charge in [-0.2, -0.15) is 0 Å². The monoisotopic (exact) mass is 404 g/mol. The molecule has 0 aromatic carbocycles. The van der Waals surface area contributed by atoms with Crippen LogP contribution >= 0.6 is 0 Å². The van der Waals surface area contributed by atoms with Crippen molar-refractivity contribution in [3.8, 4) is 0 Å². The normalized spacial score (nSPS) is 46.9. The third-order valence-electron chi connectivity index (χ3n) is 9.44. The van der Waals surface area contributed by atoms with Crippen molar-refractivity contribution >= 4 is 5.97 Å². The summed E-state index contributed by atoms with van der Waals surface area (Å²) in [6.07, 6.45) is 11.1. The topological polar surface area (TPSA) is 66.8 Å². The lowest BCUT2D eigenvalue weighted by Gasteiger charge is -2.59. The molecular weight excluding hydrogens is 364 g/mol. The highest BCUT2D eigenvalue weighted by molar-refractivity contribution is 5.66. The zero-order chi connectivity index (χ0) is 21.2. The molecule has 0 radical (unpaired) electrons. The molecule has 0 aliphatic heterocycles. The summed E-state index contributed by atoms with van der Waals surface area (Å²) in [7, 11) is 0. The lowest BCUT2D eigenvalue weighted by molar-refractivity contribution is -0.154. The quantitative estimate of drug-likeness (QED) is 0.525. The number of ether oxygens (including phenoxy) is 1. The number of hydrogen-bond acceptors (Lipinski definition) is 4. The Morgan fingerprint density at radius 2 is 1.86 bits per heavy atom. The van der Waals surface area contributed by atoms with Gasteiger partial charge in [-0.3, -0.25) is 4.79 Å². The van der Waals surface area contributed by atoms with Gasteiger partial charge in [0.1, 0.15) is 6.10 Å². The molecule has 7 atom stereocenters. The number of carbonyl (C=O) groups is 1. The van der Waals surface area contributed by atoms with Crippen LogP contribution in [0.5, 0.6) is 0 Å². The van der Waals surface area contributed by atoms with E-state index in [1.165, 1.54) is 12.5 Å². The van der Waals surface area contributed by atoms with E-state index < -0.39 is 11.2 Å². The molecule has 0 saturated heterocycles. The molecule has 4 rings (SSSR count). The fraction of sp³-hybridized carbons (Fsp3) is 0.880. The van der Waals surface area contributed by atoms with Gasteiger partial charge in [-0.1, -0.05) is 25.5 Å². The highest BCUT2D eigenvalue weighted by atomic mass is 16.5. The van der Waals surface area contributed by atoms with Crippen LogP contribution in [0.1, 0.15) is 92.4 Å².